The van der Waals surface area contributed by atoms with Crippen LogP contribution in [0.1, 0.15) is 25.7 Å². The zero-order valence-electron chi connectivity index (χ0n) is 20.4. The summed E-state index contributed by atoms with van der Waals surface area (Å²) in [5.74, 6) is 0. The van der Waals surface area contributed by atoms with E-state index < -0.39 is 58.2 Å². The zero-order valence-corrected chi connectivity index (χ0v) is 32.0. The van der Waals surface area contributed by atoms with E-state index in [0.717, 1.165) is 9.80 Å². The minimum atomic E-state index is -5.35. The van der Waals surface area contributed by atoms with Gasteiger partial charge in [0.1, 0.15) is 26.9 Å². The van der Waals surface area contributed by atoms with Crippen molar-refractivity contribution in [3.05, 3.63) is 0 Å². The van der Waals surface area contributed by atoms with Crippen LogP contribution in [0.25, 0.3) is 0 Å². The number of rotatable bonds is 19. The third-order valence-corrected chi connectivity index (χ3v) is 5.08. The molecule has 0 saturated carbocycles. The average molecular weight is 644 g/mol. The number of phosphoric ester groups is 4. The van der Waals surface area contributed by atoms with E-state index in [1.807, 2.05) is 0 Å². The fraction of sp³-hybridized carbons (Fsp3) is 1.00. The van der Waals surface area contributed by atoms with Crippen LogP contribution in [0.2, 0.25) is 0 Å². The van der Waals surface area contributed by atoms with E-state index >= 15 is 0 Å². The van der Waals surface area contributed by atoms with Gasteiger partial charge in [-0.25, -0.2) is 9.13 Å². The Hall–Kier alpha value is 4.36. The minimum Gasteiger partial charge on any atom is -0.790 e. The largest absolute Gasteiger partial charge is 1.00 e. The molecule has 0 aliphatic heterocycles. The molecule has 0 aromatic rings. The van der Waals surface area contributed by atoms with Crippen molar-refractivity contribution in [1.29, 1.82) is 0 Å². The van der Waals surface area contributed by atoms with Crippen molar-refractivity contribution < 1.29 is 194 Å². The van der Waals surface area contributed by atoms with Crippen LogP contribution < -0.4 is 138 Å². The third-order valence-electron chi connectivity index (χ3n) is 3.31. The summed E-state index contributed by atoms with van der Waals surface area (Å²) in [6.45, 7) is -2.99. The van der Waals surface area contributed by atoms with Crippen LogP contribution >= 0.6 is 31.3 Å². The van der Waals surface area contributed by atoms with E-state index in [-0.39, 0.29) is 131 Å². The summed E-state index contributed by atoms with van der Waals surface area (Å²) in [4.78, 5) is 79.0. The van der Waals surface area contributed by atoms with Gasteiger partial charge in [0.05, 0.1) is 15.6 Å². The second-order valence-corrected chi connectivity index (χ2v) is 10.9. The van der Waals surface area contributed by atoms with Gasteiger partial charge in [0.2, 0.25) is 0 Å². The second-order valence-electron chi connectivity index (χ2n) is 6.11. The molecule has 0 atom stereocenters. The summed E-state index contributed by atoms with van der Waals surface area (Å²) >= 11 is 0. The molecule has 4 N–H and O–H groups in total. The molecule has 0 bridgehead atoms. The molecule has 0 fully saturated rings. The smallest absolute Gasteiger partial charge is 0.790 e. The van der Waals surface area contributed by atoms with Crippen molar-refractivity contribution in [2.75, 3.05) is 40.0 Å². The molecule has 0 saturated heterocycles. The van der Waals surface area contributed by atoms with Crippen molar-refractivity contribution in [2.24, 2.45) is 0 Å². The number of phosphoric acid groups is 4. The molecule has 0 heterocycles. The fourth-order valence-corrected chi connectivity index (χ4v) is 3.21. The van der Waals surface area contributed by atoms with Crippen LogP contribution in [0.5, 0.6) is 0 Å². The molecule has 0 aliphatic rings. The van der Waals surface area contributed by atoms with E-state index in [2.05, 4.69) is 18.1 Å². The van der Waals surface area contributed by atoms with Gasteiger partial charge in [-0.1, -0.05) is 12.8 Å². The topological polar surface area (TPSA) is 285 Å². The summed E-state index contributed by atoms with van der Waals surface area (Å²) in [5.41, 5.74) is 0. The van der Waals surface area contributed by atoms with Gasteiger partial charge < -0.3 is 57.3 Å². The monoisotopic (exact) mass is 644 g/mol. The number of nitrogens with zero attached hydrogens (tertiary/aromatic N) is 2. The van der Waals surface area contributed by atoms with Gasteiger partial charge in [0, 0.05) is 13.1 Å². The summed E-state index contributed by atoms with van der Waals surface area (Å²) < 4.78 is 59.1. The van der Waals surface area contributed by atoms with Crippen molar-refractivity contribution in [1.82, 2.24) is 9.80 Å². The van der Waals surface area contributed by atoms with Crippen molar-refractivity contribution >= 4 is 31.3 Å². The van der Waals surface area contributed by atoms with Crippen molar-refractivity contribution in [2.45, 2.75) is 25.7 Å². The molecule has 0 unspecified atom stereocenters. The second kappa shape index (κ2) is 24.8. The molecule has 36 heavy (non-hydrogen) atoms. The molecule has 0 rings (SSSR count). The molecular weight excluding hydrogens is 620 g/mol. The van der Waals surface area contributed by atoms with Crippen LogP contribution in [-0.2, 0) is 36.4 Å². The SMILES string of the molecule is O=P([O-])([O-])OCN(CCCCCCN(COP(=O)(O)O)COP(=O)(O)O)COP(=O)([O-])[O-].[Na+].[Na+].[Na+].[Na+]. The standard InChI is InChI=1S/C10H28N2O16P4.4Na/c13-29(14,15)25-7-11(8-26-30(16,17)18)5-3-1-2-4-6-12(9-27-31(19,20)21)10-28-32(22,23)24;;;;/h1-10H2,(H2,13,14,15)(H2,16,17,18)(H2,19,20,21)(H2,22,23,24);;;;/q;4*+1/p-4. The summed E-state index contributed by atoms with van der Waals surface area (Å²) in [6, 6.07) is 0. The van der Waals surface area contributed by atoms with Gasteiger partial charge in [0.25, 0.3) is 0 Å². The molecular formula is C10H24N2Na4O16P4. The molecule has 194 valence electrons. The Bertz CT molecular complexity index is 620. The summed E-state index contributed by atoms with van der Waals surface area (Å²) in [5, 5.41) is 0. The average Bonchev–Trinajstić information content (AvgIpc) is 2.57. The van der Waals surface area contributed by atoms with Crippen LogP contribution in [0.3, 0.4) is 0 Å². The van der Waals surface area contributed by atoms with Gasteiger partial charge in [0.15, 0.2) is 0 Å². The first-order valence-electron chi connectivity index (χ1n) is 8.54. The third kappa shape index (κ3) is 38.4. The predicted molar refractivity (Wildman–Crippen MR) is 95.0 cm³/mol. The van der Waals surface area contributed by atoms with Crippen LogP contribution in [0, 0.1) is 0 Å². The fourth-order valence-electron chi connectivity index (χ4n) is 1.98. The van der Waals surface area contributed by atoms with Crippen molar-refractivity contribution in [3.63, 3.8) is 0 Å². The Morgan fingerprint density at radius 2 is 0.750 bits per heavy atom. The maximum absolute atomic E-state index is 10.8. The first kappa shape index (κ1) is 50.0. The van der Waals surface area contributed by atoms with E-state index in [0.29, 0.717) is 25.7 Å². The molecule has 0 radical (unpaired) electrons. The number of unbranched alkanes of at least 4 members (excludes halogenated alkanes) is 3. The van der Waals surface area contributed by atoms with Gasteiger partial charge in [-0.15, -0.1) is 0 Å². The van der Waals surface area contributed by atoms with E-state index in [9.17, 15) is 37.8 Å². The molecule has 0 aromatic carbocycles. The first-order valence-corrected chi connectivity index (χ1v) is 14.5. The normalized spacial score (nSPS) is 12.4. The predicted octanol–water partition coefficient (Wildman–Crippen LogP) is -15.1. The zero-order chi connectivity index (χ0) is 25.1. The first-order chi connectivity index (χ1) is 14.4. The molecule has 0 aliphatic carbocycles. The summed E-state index contributed by atoms with van der Waals surface area (Å²) in [6.07, 6.45) is 1.52. The summed E-state index contributed by atoms with van der Waals surface area (Å²) in [7, 11) is -20.4. The quantitative estimate of drug-likeness (QED) is 0.0439. The van der Waals surface area contributed by atoms with Crippen LogP contribution in [-0.4, -0.2) is 69.4 Å². The minimum absolute atomic E-state index is 0. The van der Waals surface area contributed by atoms with Gasteiger partial charge in [-0.2, -0.15) is 0 Å². The molecule has 18 nitrogen and oxygen atoms in total. The maximum atomic E-state index is 10.8. The van der Waals surface area contributed by atoms with E-state index in [1.54, 1.807) is 0 Å². The number of hydrogen-bond acceptors (Lipinski definition) is 14. The van der Waals surface area contributed by atoms with Crippen LogP contribution in [0.15, 0.2) is 0 Å². The van der Waals surface area contributed by atoms with E-state index in [1.165, 1.54) is 0 Å². The van der Waals surface area contributed by atoms with Gasteiger partial charge in [-0.05, 0) is 12.8 Å². The molecule has 0 spiro atoms. The van der Waals surface area contributed by atoms with E-state index in [4.69, 9.17) is 19.6 Å². The Morgan fingerprint density at radius 3 is 0.972 bits per heavy atom. The Labute approximate surface area is 296 Å². The number of hydrogen-bond donors (Lipinski definition) is 4. The molecule has 0 amide bonds. The van der Waals surface area contributed by atoms with Gasteiger partial charge >= 0.3 is 134 Å². The maximum Gasteiger partial charge on any atom is 1.00 e. The van der Waals surface area contributed by atoms with Crippen molar-refractivity contribution in [3.8, 4) is 0 Å². The Kier molecular flexibility index (Phi) is 34.4. The van der Waals surface area contributed by atoms with Crippen LogP contribution in [0.4, 0.5) is 0 Å². The Balaban J connectivity index is -0.000000801. The molecule has 26 heteroatoms. The Morgan fingerprint density at radius 1 is 0.500 bits per heavy atom. The van der Waals surface area contributed by atoms with Gasteiger partial charge in [-0.3, -0.25) is 18.8 Å². The molecule has 0 aromatic heterocycles.